The number of aryl methyl sites for hydroxylation is 2. The van der Waals surface area contributed by atoms with Gasteiger partial charge in [0.2, 0.25) is 5.91 Å². The Kier molecular flexibility index (Phi) is 5.55. The van der Waals surface area contributed by atoms with E-state index in [9.17, 15) is 9.59 Å². The quantitative estimate of drug-likeness (QED) is 0.495. The van der Waals surface area contributed by atoms with Gasteiger partial charge in [0.15, 0.2) is 5.13 Å². The van der Waals surface area contributed by atoms with Gasteiger partial charge >= 0.3 is 0 Å². The van der Waals surface area contributed by atoms with E-state index in [-0.39, 0.29) is 18.0 Å². The molecule has 0 saturated carbocycles. The molecule has 6 nitrogen and oxygen atoms in total. The van der Waals surface area contributed by atoms with Crippen molar-refractivity contribution in [2.24, 2.45) is 0 Å². The van der Waals surface area contributed by atoms with E-state index in [1.165, 1.54) is 39.1 Å². The molecule has 0 aliphatic heterocycles. The minimum atomic E-state index is -0.304. The molecule has 3 aromatic heterocycles. The summed E-state index contributed by atoms with van der Waals surface area (Å²) in [4.78, 5) is 35.4. The third-order valence-electron chi connectivity index (χ3n) is 4.57. The Bertz CT molecular complexity index is 1220. The van der Waals surface area contributed by atoms with E-state index < -0.39 is 0 Å². The van der Waals surface area contributed by atoms with E-state index in [4.69, 9.17) is 0 Å². The molecule has 0 fully saturated rings. The number of carbonyl (C=O) groups is 1. The van der Waals surface area contributed by atoms with Crippen molar-refractivity contribution in [1.29, 1.82) is 0 Å². The summed E-state index contributed by atoms with van der Waals surface area (Å²) in [6.07, 6.45) is 3.59. The van der Waals surface area contributed by atoms with E-state index in [1.54, 1.807) is 6.07 Å². The van der Waals surface area contributed by atoms with Gasteiger partial charge in [-0.25, -0.2) is 9.97 Å². The number of benzene rings is 1. The van der Waals surface area contributed by atoms with E-state index in [0.717, 1.165) is 29.0 Å². The average Bonchev–Trinajstić information content (AvgIpc) is 3.32. The number of hydrogen-bond acceptors (Lipinski definition) is 6. The zero-order valence-corrected chi connectivity index (χ0v) is 17.8. The fourth-order valence-corrected chi connectivity index (χ4v) is 4.73. The van der Waals surface area contributed by atoms with Gasteiger partial charge in [-0.05, 0) is 30.4 Å². The number of carbonyl (C=O) groups excluding carboxylic acids is 1. The van der Waals surface area contributed by atoms with Crippen LogP contribution in [0.1, 0.15) is 23.8 Å². The number of amides is 1. The minimum absolute atomic E-state index is 0.0999. The Morgan fingerprint density at radius 3 is 2.76 bits per heavy atom. The number of nitrogens with one attached hydrogen (secondary N) is 1. The second kappa shape index (κ2) is 8.26. The molecule has 8 heteroatoms. The SMILES string of the molecule is CCCc1ccc(-c2nc(NC(=O)Cn3cnc4sccc4c3=O)sc2C)cc1. The van der Waals surface area contributed by atoms with Gasteiger partial charge in [0.1, 0.15) is 11.4 Å². The minimum Gasteiger partial charge on any atom is -0.300 e. The van der Waals surface area contributed by atoms with Crippen LogP contribution in [-0.2, 0) is 17.8 Å². The average molecular weight is 425 g/mol. The summed E-state index contributed by atoms with van der Waals surface area (Å²) in [6.45, 7) is 4.05. The zero-order valence-electron chi connectivity index (χ0n) is 16.1. The summed E-state index contributed by atoms with van der Waals surface area (Å²) >= 11 is 2.83. The van der Waals surface area contributed by atoms with Gasteiger partial charge in [-0.1, -0.05) is 37.6 Å². The molecule has 0 aliphatic rings. The Morgan fingerprint density at radius 1 is 1.21 bits per heavy atom. The van der Waals surface area contributed by atoms with Crippen LogP contribution in [-0.4, -0.2) is 20.4 Å². The molecule has 29 heavy (non-hydrogen) atoms. The lowest BCUT2D eigenvalue weighted by atomic mass is 10.1. The molecule has 0 atom stereocenters. The second-order valence-electron chi connectivity index (χ2n) is 6.74. The summed E-state index contributed by atoms with van der Waals surface area (Å²) in [5, 5.41) is 5.68. The van der Waals surface area contributed by atoms with Gasteiger partial charge in [0, 0.05) is 10.4 Å². The van der Waals surface area contributed by atoms with Crippen LogP contribution in [0.15, 0.2) is 46.8 Å². The Labute approximate surface area is 175 Å². The smallest absolute Gasteiger partial charge is 0.262 e. The molecule has 148 valence electrons. The number of thiophene rings is 1. The van der Waals surface area contributed by atoms with E-state index in [1.807, 2.05) is 12.3 Å². The van der Waals surface area contributed by atoms with E-state index >= 15 is 0 Å². The van der Waals surface area contributed by atoms with Crippen LogP contribution in [0.25, 0.3) is 21.5 Å². The highest BCUT2D eigenvalue weighted by atomic mass is 32.1. The van der Waals surface area contributed by atoms with Crippen molar-refractivity contribution < 1.29 is 4.79 Å². The monoisotopic (exact) mass is 424 g/mol. The number of nitrogens with zero attached hydrogens (tertiary/aromatic N) is 3. The molecule has 3 heterocycles. The van der Waals surface area contributed by atoms with Crippen molar-refractivity contribution in [3.63, 3.8) is 0 Å². The largest absolute Gasteiger partial charge is 0.300 e. The number of hydrogen-bond donors (Lipinski definition) is 1. The first kappa shape index (κ1) is 19.5. The van der Waals surface area contributed by atoms with Crippen LogP contribution in [0.5, 0.6) is 0 Å². The molecular formula is C21H20N4O2S2. The standard InChI is InChI=1S/C21H20N4O2S2/c1-3-4-14-5-7-15(8-6-14)18-13(2)29-21(24-18)23-17(26)11-25-12-22-19-16(20(25)27)9-10-28-19/h5-10,12H,3-4,11H2,1-2H3,(H,23,24,26). The fourth-order valence-electron chi connectivity index (χ4n) is 3.16. The van der Waals surface area contributed by atoms with Gasteiger partial charge in [-0.2, -0.15) is 0 Å². The van der Waals surface area contributed by atoms with Gasteiger partial charge in [0.25, 0.3) is 5.56 Å². The molecule has 0 spiro atoms. The summed E-state index contributed by atoms with van der Waals surface area (Å²) in [5.41, 5.74) is 2.99. The predicted molar refractivity (Wildman–Crippen MR) is 119 cm³/mol. The van der Waals surface area contributed by atoms with E-state index in [0.29, 0.717) is 15.3 Å². The Morgan fingerprint density at radius 2 is 2.00 bits per heavy atom. The number of thiazole rings is 1. The van der Waals surface area contributed by atoms with Crippen molar-refractivity contribution in [3.8, 4) is 11.3 Å². The predicted octanol–water partition coefficient (Wildman–Crippen LogP) is 4.48. The van der Waals surface area contributed by atoms with Gasteiger partial charge in [-0.3, -0.25) is 14.2 Å². The maximum atomic E-state index is 12.5. The summed E-state index contributed by atoms with van der Waals surface area (Å²) in [6, 6.07) is 10.1. The normalized spacial score (nSPS) is 11.1. The van der Waals surface area contributed by atoms with Crippen molar-refractivity contribution >= 4 is 43.9 Å². The van der Waals surface area contributed by atoms with E-state index in [2.05, 4.69) is 46.5 Å². The maximum absolute atomic E-state index is 12.5. The van der Waals surface area contributed by atoms with Crippen molar-refractivity contribution in [2.75, 3.05) is 5.32 Å². The molecule has 1 aromatic carbocycles. The lowest BCUT2D eigenvalue weighted by Gasteiger charge is -2.05. The second-order valence-corrected chi connectivity index (χ2v) is 8.83. The van der Waals surface area contributed by atoms with Crippen LogP contribution in [0.2, 0.25) is 0 Å². The summed E-state index contributed by atoms with van der Waals surface area (Å²) in [7, 11) is 0. The highest BCUT2D eigenvalue weighted by Crippen LogP contribution is 2.30. The topological polar surface area (TPSA) is 76.9 Å². The summed E-state index contributed by atoms with van der Waals surface area (Å²) < 4.78 is 1.32. The first-order chi connectivity index (χ1) is 14.0. The van der Waals surface area contributed by atoms with Crippen molar-refractivity contribution in [2.45, 2.75) is 33.2 Å². The fraction of sp³-hybridized carbons (Fsp3) is 0.238. The Balaban J connectivity index is 1.49. The number of anilines is 1. The highest BCUT2D eigenvalue weighted by Gasteiger charge is 2.14. The third kappa shape index (κ3) is 4.13. The third-order valence-corrected chi connectivity index (χ3v) is 6.28. The van der Waals surface area contributed by atoms with Crippen LogP contribution < -0.4 is 10.9 Å². The van der Waals surface area contributed by atoms with Gasteiger partial charge in [-0.15, -0.1) is 22.7 Å². The molecule has 0 radical (unpaired) electrons. The molecule has 0 unspecified atom stereocenters. The number of rotatable bonds is 6. The molecule has 0 bridgehead atoms. The van der Waals surface area contributed by atoms with Crippen molar-refractivity contribution in [3.05, 3.63) is 62.8 Å². The van der Waals surface area contributed by atoms with Crippen LogP contribution >= 0.6 is 22.7 Å². The highest BCUT2D eigenvalue weighted by molar-refractivity contribution is 7.16. The van der Waals surface area contributed by atoms with Gasteiger partial charge in [0.05, 0.1) is 17.4 Å². The lowest BCUT2D eigenvalue weighted by Crippen LogP contribution is -2.27. The van der Waals surface area contributed by atoms with Crippen LogP contribution in [0.3, 0.4) is 0 Å². The van der Waals surface area contributed by atoms with Crippen LogP contribution in [0, 0.1) is 6.92 Å². The van der Waals surface area contributed by atoms with Crippen LogP contribution in [0.4, 0.5) is 5.13 Å². The number of aromatic nitrogens is 3. The lowest BCUT2D eigenvalue weighted by molar-refractivity contribution is -0.116. The molecule has 1 amide bonds. The molecule has 4 rings (SSSR count). The Hall–Kier alpha value is -2.84. The first-order valence-corrected chi connectivity index (χ1v) is 11.0. The molecule has 0 aliphatic carbocycles. The molecule has 1 N–H and O–H groups in total. The zero-order chi connectivity index (χ0) is 20.4. The number of fused-ring (bicyclic) bond motifs is 1. The molecule has 4 aromatic rings. The van der Waals surface area contributed by atoms with Crippen molar-refractivity contribution in [1.82, 2.24) is 14.5 Å². The van der Waals surface area contributed by atoms with Gasteiger partial charge < -0.3 is 5.32 Å². The summed E-state index contributed by atoms with van der Waals surface area (Å²) in [5.74, 6) is -0.304. The molecular weight excluding hydrogens is 404 g/mol. The maximum Gasteiger partial charge on any atom is 0.262 e. The molecule has 0 saturated heterocycles. The first-order valence-electron chi connectivity index (χ1n) is 9.34.